The summed E-state index contributed by atoms with van der Waals surface area (Å²) in [5, 5.41) is 6.86. The molecular weight excluding hydrogens is 623 g/mol. The first-order valence-electron chi connectivity index (χ1n) is 17.5. The summed E-state index contributed by atoms with van der Waals surface area (Å²) in [4.78, 5) is 10.1. The monoisotopic (exact) mass is 657 g/mol. The number of hydrogen-bond donors (Lipinski definition) is 1. The molecular formula is C47H35N3O. The van der Waals surface area contributed by atoms with Gasteiger partial charge in [0.1, 0.15) is 17.0 Å². The first-order valence-corrected chi connectivity index (χ1v) is 17.5. The second-order valence-corrected chi connectivity index (χ2v) is 13.1. The molecule has 0 radical (unpaired) electrons. The van der Waals surface area contributed by atoms with Crippen molar-refractivity contribution in [3.63, 3.8) is 0 Å². The Labute approximate surface area is 296 Å². The van der Waals surface area contributed by atoms with Crippen molar-refractivity contribution in [2.45, 2.75) is 19.4 Å². The number of amidine groups is 2. The van der Waals surface area contributed by atoms with E-state index in [2.05, 4.69) is 121 Å². The van der Waals surface area contributed by atoms with Gasteiger partial charge in [0.2, 0.25) is 0 Å². The molecule has 1 aliphatic rings. The summed E-state index contributed by atoms with van der Waals surface area (Å²) in [6.07, 6.45) is 8.97. The van der Waals surface area contributed by atoms with E-state index in [1.54, 1.807) is 0 Å². The number of benzene rings is 7. The van der Waals surface area contributed by atoms with Crippen LogP contribution in [-0.2, 0) is 6.54 Å². The zero-order valence-corrected chi connectivity index (χ0v) is 28.1. The molecule has 2 N–H and O–H groups in total. The van der Waals surface area contributed by atoms with Crippen molar-refractivity contribution in [1.29, 1.82) is 0 Å². The summed E-state index contributed by atoms with van der Waals surface area (Å²) in [6.45, 7) is 0.407. The smallest absolute Gasteiger partial charge is 0.157 e. The van der Waals surface area contributed by atoms with Gasteiger partial charge in [-0.2, -0.15) is 0 Å². The molecule has 0 spiro atoms. The lowest BCUT2D eigenvalue weighted by atomic mass is 9.96. The van der Waals surface area contributed by atoms with Crippen molar-refractivity contribution in [2.75, 3.05) is 0 Å². The van der Waals surface area contributed by atoms with Gasteiger partial charge in [-0.1, -0.05) is 140 Å². The van der Waals surface area contributed by atoms with Crippen LogP contribution in [-0.4, -0.2) is 11.7 Å². The van der Waals surface area contributed by atoms with Crippen LogP contribution in [0.2, 0.25) is 0 Å². The number of rotatable bonds is 6. The maximum atomic E-state index is 6.61. The second kappa shape index (κ2) is 13.1. The molecule has 4 heteroatoms. The first kappa shape index (κ1) is 30.5. The Hall–Kier alpha value is -6.52. The predicted octanol–water partition coefficient (Wildman–Crippen LogP) is 11.6. The van der Waals surface area contributed by atoms with Crippen LogP contribution in [0.1, 0.15) is 35.1 Å². The lowest BCUT2D eigenvalue weighted by molar-refractivity contribution is 0.669. The predicted molar refractivity (Wildman–Crippen MR) is 214 cm³/mol. The fraction of sp³-hybridized carbons (Fsp3) is 0.0638. The van der Waals surface area contributed by atoms with Crippen molar-refractivity contribution in [3.05, 3.63) is 186 Å². The molecule has 1 aliphatic carbocycles. The average molecular weight is 658 g/mol. The Kier molecular flexibility index (Phi) is 7.82. The molecule has 244 valence electrons. The van der Waals surface area contributed by atoms with Gasteiger partial charge < -0.3 is 10.2 Å². The van der Waals surface area contributed by atoms with E-state index in [1.807, 2.05) is 42.5 Å². The normalized spacial score (nSPS) is 13.8. The lowest BCUT2D eigenvalue weighted by Gasteiger charge is -2.10. The number of para-hydroxylation sites is 1. The number of furan rings is 1. The minimum absolute atomic E-state index is 0.407. The van der Waals surface area contributed by atoms with Crippen LogP contribution in [0, 0.1) is 0 Å². The molecule has 9 rings (SSSR count). The van der Waals surface area contributed by atoms with Crippen molar-refractivity contribution < 1.29 is 4.42 Å². The SMILES string of the molecule is N/C(=N\C(=N/Cc1cccc2oc3c(-c4ccc5ccccc5c4)cccc3c12)c1ccc2cc(C3=CCCC=C3)ccc2c1)c1ccccc1. The molecule has 1 aromatic heterocycles. The molecule has 0 fully saturated rings. The minimum Gasteiger partial charge on any atom is -0.455 e. The highest BCUT2D eigenvalue weighted by atomic mass is 16.3. The van der Waals surface area contributed by atoms with E-state index < -0.39 is 0 Å². The number of aliphatic imine (C=N–C) groups is 2. The average Bonchev–Trinajstić information content (AvgIpc) is 3.59. The molecule has 0 saturated heterocycles. The van der Waals surface area contributed by atoms with Gasteiger partial charge in [0.05, 0.1) is 6.54 Å². The van der Waals surface area contributed by atoms with Crippen LogP contribution in [0.5, 0.6) is 0 Å². The van der Waals surface area contributed by atoms with E-state index in [0.29, 0.717) is 18.2 Å². The summed E-state index contributed by atoms with van der Waals surface area (Å²) >= 11 is 0. The Morgan fingerprint density at radius 1 is 0.627 bits per heavy atom. The Morgan fingerprint density at radius 2 is 1.37 bits per heavy atom. The summed E-state index contributed by atoms with van der Waals surface area (Å²) < 4.78 is 6.60. The van der Waals surface area contributed by atoms with Crippen molar-refractivity contribution in [2.24, 2.45) is 15.7 Å². The molecule has 0 unspecified atom stereocenters. The van der Waals surface area contributed by atoms with Gasteiger partial charge in [-0.25, -0.2) is 4.99 Å². The van der Waals surface area contributed by atoms with Gasteiger partial charge in [0.15, 0.2) is 5.84 Å². The van der Waals surface area contributed by atoms with Crippen LogP contribution in [0.3, 0.4) is 0 Å². The fourth-order valence-corrected chi connectivity index (χ4v) is 7.17. The number of nitrogens with zero attached hydrogens (tertiary/aromatic N) is 2. The van der Waals surface area contributed by atoms with Crippen LogP contribution in [0.15, 0.2) is 178 Å². The molecule has 0 atom stereocenters. The zero-order valence-electron chi connectivity index (χ0n) is 28.1. The van der Waals surface area contributed by atoms with Gasteiger partial charge in [-0.15, -0.1) is 0 Å². The number of allylic oxidation sites excluding steroid dienone is 4. The van der Waals surface area contributed by atoms with Gasteiger partial charge in [0.25, 0.3) is 0 Å². The highest BCUT2D eigenvalue weighted by Gasteiger charge is 2.16. The van der Waals surface area contributed by atoms with Crippen LogP contribution < -0.4 is 5.73 Å². The van der Waals surface area contributed by atoms with E-state index in [4.69, 9.17) is 20.1 Å². The quantitative estimate of drug-likeness (QED) is 0.143. The van der Waals surface area contributed by atoms with Gasteiger partial charge in [0, 0.05) is 27.5 Å². The van der Waals surface area contributed by atoms with Crippen LogP contribution in [0.4, 0.5) is 0 Å². The number of fused-ring (bicyclic) bond motifs is 5. The van der Waals surface area contributed by atoms with Crippen molar-refractivity contribution >= 4 is 60.7 Å². The maximum absolute atomic E-state index is 6.61. The highest BCUT2D eigenvalue weighted by Crippen LogP contribution is 2.38. The molecule has 4 nitrogen and oxygen atoms in total. The molecule has 51 heavy (non-hydrogen) atoms. The van der Waals surface area contributed by atoms with Crippen molar-refractivity contribution in [3.8, 4) is 11.1 Å². The third kappa shape index (κ3) is 5.91. The second-order valence-electron chi connectivity index (χ2n) is 13.1. The van der Waals surface area contributed by atoms with Gasteiger partial charge in [-0.05, 0) is 80.9 Å². The third-order valence-corrected chi connectivity index (χ3v) is 9.79. The van der Waals surface area contributed by atoms with Gasteiger partial charge in [-0.3, -0.25) is 4.99 Å². The van der Waals surface area contributed by atoms with E-state index in [0.717, 1.165) is 68.0 Å². The Morgan fingerprint density at radius 3 is 2.25 bits per heavy atom. The summed E-state index contributed by atoms with van der Waals surface area (Å²) in [6, 6.07) is 50.5. The largest absolute Gasteiger partial charge is 0.455 e. The molecule has 0 bridgehead atoms. The zero-order chi connectivity index (χ0) is 34.1. The lowest BCUT2D eigenvalue weighted by Crippen LogP contribution is -2.16. The minimum atomic E-state index is 0.407. The van der Waals surface area contributed by atoms with Crippen LogP contribution in [0.25, 0.3) is 60.2 Å². The van der Waals surface area contributed by atoms with Gasteiger partial charge >= 0.3 is 0 Å². The number of hydrogen-bond acceptors (Lipinski definition) is 2. The number of nitrogens with two attached hydrogens (primary N) is 1. The van der Waals surface area contributed by atoms with E-state index in [1.165, 1.54) is 27.3 Å². The Balaban J connectivity index is 1.13. The molecule has 0 saturated carbocycles. The third-order valence-electron chi connectivity index (χ3n) is 9.79. The molecule has 8 aromatic rings. The summed E-state index contributed by atoms with van der Waals surface area (Å²) in [7, 11) is 0. The molecule has 0 amide bonds. The Bertz CT molecular complexity index is 2730. The first-order chi connectivity index (χ1) is 25.2. The summed E-state index contributed by atoms with van der Waals surface area (Å²) in [5.41, 5.74) is 15.9. The maximum Gasteiger partial charge on any atom is 0.157 e. The molecule has 7 aromatic carbocycles. The van der Waals surface area contributed by atoms with Crippen LogP contribution >= 0.6 is 0 Å². The summed E-state index contributed by atoms with van der Waals surface area (Å²) in [5.74, 6) is 1.01. The standard InChI is InChI=1S/C47H35N3O/c48-46(33-14-5-2-6-15-33)50-47(39-26-24-36-27-35(22-23-37(36)29-39)31-11-3-1-4-12-31)49-30-40-17-9-20-43-44(40)42-19-10-18-41(45(42)51-43)38-25-21-32-13-7-8-16-34(32)28-38/h2-3,5-29H,1,4,30H2,(H2,48,49,50). The van der Waals surface area contributed by atoms with E-state index in [-0.39, 0.29) is 0 Å². The van der Waals surface area contributed by atoms with E-state index in [9.17, 15) is 0 Å². The van der Waals surface area contributed by atoms with E-state index >= 15 is 0 Å². The molecule has 1 heterocycles. The fourth-order valence-electron chi connectivity index (χ4n) is 7.17. The molecule has 0 aliphatic heterocycles. The van der Waals surface area contributed by atoms with Crippen molar-refractivity contribution in [1.82, 2.24) is 0 Å². The topological polar surface area (TPSA) is 63.9 Å². The highest BCUT2D eigenvalue weighted by molar-refractivity contribution is 6.13.